The number of carbonyl (C=O) groups excluding carboxylic acids is 1. The van der Waals surface area contributed by atoms with E-state index in [1.165, 1.54) is 0 Å². The highest BCUT2D eigenvalue weighted by Crippen LogP contribution is 2.21. The molecule has 2 aromatic rings. The molecule has 4 heteroatoms. The number of Topliss-reactive ketones (excluding diaryl/α,β-unsaturated/α-hetero) is 1. The average molecular weight is 322 g/mol. The van der Waals surface area contributed by atoms with Crippen LogP contribution in [0.1, 0.15) is 40.7 Å². The van der Waals surface area contributed by atoms with Crippen LogP contribution < -0.4 is 4.74 Å². The Morgan fingerprint density at radius 1 is 1.33 bits per heavy atom. The van der Waals surface area contributed by atoms with Gasteiger partial charge in [-0.1, -0.05) is 19.1 Å². The van der Waals surface area contributed by atoms with Gasteiger partial charge in [0.05, 0.1) is 7.11 Å². The molecule has 0 amide bonds. The van der Waals surface area contributed by atoms with E-state index in [0.29, 0.717) is 11.3 Å². The lowest BCUT2D eigenvalue weighted by atomic mass is 10.0. The molecular weight excluding hydrogens is 300 g/mol. The Balaban J connectivity index is 2.41. The molecule has 1 aromatic carbocycles. The van der Waals surface area contributed by atoms with Gasteiger partial charge in [-0.15, -0.1) is 0 Å². The number of nitrogens with zero attached hydrogens (tertiary/aromatic N) is 2. The van der Waals surface area contributed by atoms with Gasteiger partial charge >= 0.3 is 0 Å². The number of ether oxygens (including phenoxy) is 1. The molecule has 1 heterocycles. The molecule has 0 aliphatic carbocycles. The predicted octanol–water partition coefficient (Wildman–Crippen LogP) is 4.31. The van der Waals surface area contributed by atoms with E-state index in [1.807, 2.05) is 44.2 Å². The smallest absolute Gasteiger partial charge is 0.205 e. The third-order valence-corrected chi connectivity index (χ3v) is 4.04. The summed E-state index contributed by atoms with van der Waals surface area (Å²) < 4.78 is 7.30. The van der Waals surface area contributed by atoms with Crippen LogP contribution in [-0.2, 0) is 6.54 Å². The van der Waals surface area contributed by atoms with Crippen LogP contribution in [0.25, 0.3) is 6.08 Å². The van der Waals surface area contributed by atoms with E-state index in [0.717, 1.165) is 29.9 Å². The normalized spacial score (nSPS) is 11.2. The Kier molecular flexibility index (Phi) is 5.59. The molecule has 124 valence electrons. The van der Waals surface area contributed by atoms with Crippen LogP contribution >= 0.6 is 0 Å². The number of ketones is 1. The fourth-order valence-electron chi connectivity index (χ4n) is 2.79. The lowest BCUT2D eigenvalue weighted by Crippen LogP contribution is -2.06. The summed E-state index contributed by atoms with van der Waals surface area (Å²) in [4.78, 5) is 12.8. The van der Waals surface area contributed by atoms with Crippen molar-refractivity contribution in [1.29, 1.82) is 5.26 Å². The van der Waals surface area contributed by atoms with Crippen molar-refractivity contribution < 1.29 is 9.53 Å². The van der Waals surface area contributed by atoms with E-state index < -0.39 is 0 Å². The average Bonchev–Trinajstić information content (AvgIpc) is 2.87. The summed E-state index contributed by atoms with van der Waals surface area (Å²) >= 11 is 0. The minimum atomic E-state index is -0.240. The number of nitriles is 1. The zero-order chi connectivity index (χ0) is 17.7. The number of aryl methyl sites for hydroxylation is 1. The molecule has 0 fully saturated rings. The number of hydrogen-bond donors (Lipinski definition) is 0. The monoisotopic (exact) mass is 322 g/mol. The largest absolute Gasteiger partial charge is 0.497 e. The van der Waals surface area contributed by atoms with Gasteiger partial charge in [-0.3, -0.25) is 4.79 Å². The van der Waals surface area contributed by atoms with Crippen LogP contribution in [0.15, 0.2) is 35.9 Å². The number of rotatable bonds is 6. The summed E-state index contributed by atoms with van der Waals surface area (Å²) in [5, 5.41) is 9.44. The Morgan fingerprint density at radius 3 is 2.71 bits per heavy atom. The maximum atomic E-state index is 12.8. The van der Waals surface area contributed by atoms with Crippen molar-refractivity contribution in [1.82, 2.24) is 4.57 Å². The molecule has 0 saturated carbocycles. The SMILES string of the molecule is CCCn1c(C)cc(C(=O)/C(C#N)=C/c2cccc(OC)c2)c1C. The molecule has 2 rings (SSSR count). The fourth-order valence-corrected chi connectivity index (χ4v) is 2.79. The molecule has 4 nitrogen and oxygen atoms in total. The van der Waals surface area contributed by atoms with Crippen molar-refractivity contribution in [3.05, 3.63) is 58.4 Å². The van der Waals surface area contributed by atoms with E-state index in [9.17, 15) is 10.1 Å². The summed E-state index contributed by atoms with van der Waals surface area (Å²) in [5.41, 5.74) is 3.43. The first-order valence-corrected chi connectivity index (χ1v) is 7.99. The van der Waals surface area contributed by atoms with E-state index in [-0.39, 0.29) is 11.4 Å². The first kappa shape index (κ1) is 17.6. The van der Waals surface area contributed by atoms with E-state index in [1.54, 1.807) is 19.3 Å². The Bertz CT molecular complexity index is 823. The van der Waals surface area contributed by atoms with Crippen LogP contribution in [-0.4, -0.2) is 17.5 Å². The molecule has 1 aromatic heterocycles. The summed E-state index contributed by atoms with van der Waals surface area (Å²) in [6, 6.07) is 11.2. The van der Waals surface area contributed by atoms with Crippen molar-refractivity contribution in [2.24, 2.45) is 0 Å². The van der Waals surface area contributed by atoms with Crippen molar-refractivity contribution in [2.75, 3.05) is 7.11 Å². The second kappa shape index (κ2) is 7.65. The van der Waals surface area contributed by atoms with Gasteiger partial charge in [-0.05, 0) is 50.1 Å². The number of aromatic nitrogens is 1. The topological polar surface area (TPSA) is 55.0 Å². The van der Waals surface area contributed by atoms with Gasteiger partial charge < -0.3 is 9.30 Å². The van der Waals surface area contributed by atoms with Crippen molar-refractivity contribution in [3.8, 4) is 11.8 Å². The standard InChI is InChI=1S/C20H22N2O2/c1-5-9-22-14(2)10-19(15(22)3)20(23)17(13-21)11-16-7-6-8-18(12-16)24-4/h6-8,10-12H,5,9H2,1-4H3/b17-11+. The number of carbonyl (C=O) groups is 1. The lowest BCUT2D eigenvalue weighted by Gasteiger charge is -2.07. The van der Waals surface area contributed by atoms with Crippen LogP contribution in [0.4, 0.5) is 0 Å². The van der Waals surface area contributed by atoms with Gasteiger partial charge in [0, 0.05) is 23.5 Å². The highest BCUT2D eigenvalue weighted by molar-refractivity contribution is 6.14. The van der Waals surface area contributed by atoms with Gasteiger partial charge in [0.15, 0.2) is 0 Å². The second-order valence-corrected chi connectivity index (χ2v) is 5.71. The summed E-state index contributed by atoms with van der Waals surface area (Å²) in [7, 11) is 1.59. The first-order valence-electron chi connectivity index (χ1n) is 7.99. The van der Waals surface area contributed by atoms with Gasteiger partial charge in [0.25, 0.3) is 0 Å². The Morgan fingerprint density at radius 2 is 2.08 bits per heavy atom. The molecule has 0 aliphatic heterocycles. The third-order valence-electron chi connectivity index (χ3n) is 4.04. The predicted molar refractivity (Wildman–Crippen MR) is 95.1 cm³/mol. The summed E-state index contributed by atoms with van der Waals surface area (Å²) in [6.07, 6.45) is 2.60. The maximum Gasteiger partial charge on any atom is 0.205 e. The number of allylic oxidation sites excluding steroid dienone is 1. The lowest BCUT2D eigenvalue weighted by molar-refractivity contribution is 0.103. The number of methoxy groups -OCH3 is 1. The van der Waals surface area contributed by atoms with Crippen LogP contribution in [0, 0.1) is 25.2 Å². The summed E-state index contributed by atoms with van der Waals surface area (Å²) in [6.45, 7) is 6.88. The second-order valence-electron chi connectivity index (χ2n) is 5.71. The zero-order valence-corrected chi connectivity index (χ0v) is 14.6. The van der Waals surface area contributed by atoms with Crippen molar-refractivity contribution in [2.45, 2.75) is 33.7 Å². The number of hydrogen-bond acceptors (Lipinski definition) is 3. The maximum absolute atomic E-state index is 12.8. The molecule has 24 heavy (non-hydrogen) atoms. The van der Waals surface area contributed by atoms with E-state index in [2.05, 4.69) is 11.5 Å². The molecular formula is C20H22N2O2. The van der Waals surface area contributed by atoms with Gasteiger partial charge in [0.1, 0.15) is 17.4 Å². The first-order chi connectivity index (χ1) is 11.5. The van der Waals surface area contributed by atoms with Crippen LogP contribution in [0.2, 0.25) is 0 Å². The van der Waals surface area contributed by atoms with Crippen molar-refractivity contribution in [3.63, 3.8) is 0 Å². The van der Waals surface area contributed by atoms with Crippen molar-refractivity contribution >= 4 is 11.9 Å². The van der Waals surface area contributed by atoms with Crippen LogP contribution in [0.3, 0.4) is 0 Å². The van der Waals surface area contributed by atoms with Gasteiger partial charge in [-0.25, -0.2) is 0 Å². The molecule has 0 aliphatic rings. The molecule has 0 radical (unpaired) electrons. The molecule has 0 atom stereocenters. The van der Waals surface area contributed by atoms with E-state index in [4.69, 9.17) is 4.74 Å². The fraction of sp³-hybridized carbons (Fsp3) is 0.300. The highest BCUT2D eigenvalue weighted by Gasteiger charge is 2.19. The van der Waals surface area contributed by atoms with Gasteiger partial charge in [-0.2, -0.15) is 5.26 Å². The van der Waals surface area contributed by atoms with E-state index >= 15 is 0 Å². The third kappa shape index (κ3) is 3.57. The summed E-state index contributed by atoms with van der Waals surface area (Å²) in [5.74, 6) is 0.449. The Labute approximate surface area is 143 Å². The molecule has 0 bridgehead atoms. The van der Waals surface area contributed by atoms with Crippen LogP contribution in [0.5, 0.6) is 5.75 Å². The highest BCUT2D eigenvalue weighted by atomic mass is 16.5. The molecule has 0 N–H and O–H groups in total. The minimum absolute atomic E-state index is 0.125. The quantitative estimate of drug-likeness (QED) is 0.452. The van der Waals surface area contributed by atoms with Gasteiger partial charge in [0.2, 0.25) is 5.78 Å². The number of benzene rings is 1. The molecule has 0 spiro atoms. The zero-order valence-electron chi connectivity index (χ0n) is 14.6. The Hall–Kier alpha value is -2.80. The molecule has 0 saturated heterocycles. The molecule has 0 unspecified atom stereocenters. The minimum Gasteiger partial charge on any atom is -0.497 e.